The number of nitrogens with zero attached hydrogens (tertiary/aromatic N) is 3. The maximum absolute atomic E-state index is 14.1. The number of hydrogen-bond acceptors (Lipinski definition) is 6. The second-order valence-corrected chi connectivity index (χ2v) is 8.13. The number of thiazole rings is 1. The molecule has 1 aliphatic heterocycles. The standard InChI is InChI=1S/C20H24F2N6OS/c1-11-5-4-8-28(10-11)18(25-2)14(9-23)26-19(29)16-17(24)30-20(27-16)15-12(21)6-3-7-13(15)22/h3,6-7,9,11H,4-5,8,10,23-24H2,1-2H3,(H,26,29)/b14-9+,25-18?/t11-/m0/s1. The number of rotatable bonds is 4. The van der Waals surface area contributed by atoms with Crippen LogP contribution in [0.3, 0.4) is 0 Å². The molecule has 0 bridgehead atoms. The molecule has 2 aromatic rings. The van der Waals surface area contributed by atoms with E-state index in [4.69, 9.17) is 11.5 Å². The van der Waals surface area contributed by atoms with Crippen molar-refractivity contribution in [1.29, 1.82) is 0 Å². The van der Waals surface area contributed by atoms with Crippen molar-refractivity contribution in [3.63, 3.8) is 0 Å². The smallest absolute Gasteiger partial charge is 0.277 e. The zero-order valence-electron chi connectivity index (χ0n) is 16.8. The number of nitrogens with two attached hydrogens (primary N) is 2. The Kier molecular flexibility index (Phi) is 6.66. The van der Waals surface area contributed by atoms with E-state index >= 15 is 0 Å². The molecule has 1 amide bonds. The molecule has 7 nitrogen and oxygen atoms in total. The first-order chi connectivity index (χ1) is 14.3. The molecule has 0 unspecified atom stereocenters. The monoisotopic (exact) mass is 434 g/mol. The van der Waals surface area contributed by atoms with Crippen LogP contribution in [0.1, 0.15) is 30.3 Å². The number of piperidine rings is 1. The molecule has 1 aliphatic rings. The first-order valence-corrected chi connectivity index (χ1v) is 10.3. The summed E-state index contributed by atoms with van der Waals surface area (Å²) < 4.78 is 28.1. The second-order valence-electron chi connectivity index (χ2n) is 7.10. The molecular formula is C20H24F2N6OS. The number of hydrogen-bond donors (Lipinski definition) is 3. The van der Waals surface area contributed by atoms with Gasteiger partial charge in [-0.1, -0.05) is 24.3 Å². The Morgan fingerprint density at radius 2 is 2.10 bits per heavy atom. The largest absolute Gasteiger partial charge is 0.403 e. The lowest BCUT2D eigenvalue weighted by molar-refractivity contribution is 0.0963. The first kappa shape index (κ1) is 21.7. The lowest BCUT2D eigenvalue weighted by Gasteiger charge is -2.34. The Morgan fingerprint density at radius 3 is 2.70 bits per heavy atom. The molecule has 10 heteroatoms. The molecular weight excluding hydrogens is 410 g/mol. The predicted molar refractivity (Wildman–Crippen MR) is 115 cm³/mol. The fraction of sp³-hybridized carbons (Fsp3) is 0.350. The minimum atomic E-state index is -0.780. The average molecular weight is 435 g/mol. The van der Waals surface area contributed by atoms with Gasteiger partial charge in [0, 0.05) is 26.3 Å². The van der Waals surface area contributed by atoms with Crippen molar-refractivity contribution in [3.8, 4) is 10.6 Å². The predicted octanol–water partition coefficient (Wildman–Crippen LogP) is 2.96. The van der Waals surface area contributed by atoms with E-state index in [0.29, 0.717) is 17.5 Å². The van der Waals surface area contributed by atoms with Gasteiger partial charge in [0.05, 0.1) is 11.3 Å². The molecule has 1 saturated heterocycles. The summed E-state index contributed by atoms with van der Waals surface area (Å²) in [5.41, 5.74) is 11.6. The number of aliphatic imine (C=N–C) groups is 1. The SMILES string of the molecule is CN=C(/C(=C\N)NC(=O)c1nc(-c2c(F)cccc2F)sc1N)N1CCC[C@H](C)C1. The molecule has 0 aliphatic carbocycles. The average Bonchev–Trinajstić information content (AvgIpc) is 3.09. The molecule has 2 heterocycles. The number of nitrogens with one attached hydrogen (secondary N) is 1. The van der Waals surface area contributed by atoms with Crippen LogP contribution < -0.4 is 16.8 Å². The van der Waals surface area contributed by atoms with Crippen molar-refractivity contribution in [2.75, 3.05) is 25.9 Å². The van der Waals surface area contributed by atoms with Gasteiger partial charge in [-0.05, 0) is 30.9 Å². The number of amides is 1. The first-order valence-electron chi connectivity index (χ1n) is 9.51. The van der Waals surface area contributed by atoms with Crippen LogP contribution in [-0.4, -0.2) is 41.8 Å². The van der Waals surface area contributed by atoms with Gasteiger partial charge in [0.15, 0.2) is 5.69 Å². The summed E-state index contributed by atoms with van der Waals surface area (Å²) in [4.78, 5) is 23.3. The van der Waals surface area contributed by atoms with E-state index in [1.165, 1.54) is 12.3 Å². The molecule has 0 saturated carbocycles. The van der Waals surface area contributed by atoms with Gasteiger partial charge in [0.2, 0.25) is 0 Å². The number of amidine groups is 1. The summed E-state index contributed by atoms with van der Waals surface area (Å²) >= 11 is 0.836. The number of aromatic nitrogens is 1. The van der Waals surface area contributed by atoms with Crippen molar-refractivity contribution in [2.24, 2.45) is 16.6 Å². The van der Waals surface area contributed by atoms with E-state index in [2.05, 4.69) is 27.1 Å². The van der Waals surface area contributed by atoms with Gasteiger partial charge < -0.3 is 21.7 Å². The zero-order chi connectivity index (χ0) is 21.8. The van der Waals surface area contributed by atoms with Crippen LogP contribution in [0.4, 0.5) is 13.8 Å². The number of anilines is 1. The normalized spacial score (nSPS) is 17.9. The van der Waals surface area contributed by atoms with Crippen molar-refractivity contribution in [1.82, 2.24) is 15.2 Å². The number of carbonyl (C=O) groups is 1. The highest BCUT2D eigenvalue weighted by molar-refractivity contribution is 7.19. The highest BCUT2D eigenvalue weighted by atomic mass is 32.1. The summed E-state index contributed by atoms with van der Waals surface area (Å²) in [7, 11) is 1.63. The highest BCUT2D eigenvalue weighted by Crippen LogP contribution is 2.33. The lowest BCUT2D eigenvalue weighted by atomic mass is 10.00. The second kappa shape index (κ2) is 9.21. The van der Waals surface area contributed by atoms with Crippen LogP contribution in [0.5, 0.6) is 0 Å². The van der Waals surface area contributed by atoms with Crippen molar-refractivity contribution in [2.45, 2.75) is 19.8 Å². The summed E-state index contributed by atoms with van der Waals surface area (Å²) in [6.07, 6.45) is 3.41. The van der Waals surface area contributed by atoms with Gasteiger partial charge >= 0.3 is 0 Å². The topological polar surface area (TPSA) is 110 Å². The highest BCUT2D eigenvalue weighted by Gasteiger charge is 2.25. The third-order valence-electron chi connectivity index (χ3n) is 4.87. The third-order valence-corrected chi connectivity index (χ3v) is 5.77. The quantitative estimate of drug-likeness (QED) is 0.506. The van der Waals surface area contributed by atoms with Gasteiger partial charge in [0.25, 0.3) is 5.91 Å². The van der Waals surface area contributed by atoms with Crippen molar-refractivity contribution >= 4 is 28.1 Å². The maximum Gasteiger partial charge on any atom is 0.277 e. The Hall–Kier alpha value is -3.01. The fourth-order valence-electron chi connectivity index (χ4n) is 3.47. The van der Waals surface area contributed by atoms with E-state index in [0.717, 1.165) is 49.4 Å². The molecule has 1 fully saturated rings. The number of likely N-dealkylation sites (tertiary alicyclic amines) is 1. The van der Waals surface area contributed by atoms with Gasteiger partial charge in [-0.2, -0.15) is 0 Å². The van der Waals surface area contributed by atoms with E-state index in [1.54, 1.807) is 7.05 Å². The van der Waals surface area contributed by atoms with Gasteiger partial charge in [-0.25, -0.2) is 13.8 Å². The molecule has 30 heavy (non-hydrogen) atoms. The molecule has 1 atom stereocenters. The van der Waals surface area contributed by atoms with Gasteiger partial charge in [-0.3, -0.25) is 9.79 Å². The molecule has 0 radical (unpaired) electrons. The molecule has 3 rings (SSSR count). The third kappa shape index (κ3) is 4.43. The summed E-state index contributed by atoms with van der Waals surface area (Å²) in [6, 6.07) is 3.49. The molecule has 0 spiro atoms. The minimum Gasteiger partial charge on any atom is -0.403 e. The number of carbonyl (C=O) groups excluding carboxylic acids is 1. The van der Waals surface area contributed by atoms with E-state index in [-0.39, 0.29) is 21.3 Å². The lowest BCUT2D eigenvalue weighted by Crippen LogP contribution is -2.43. The van der Waals surface area contributed by atoms with Crippen LogP contribution in [-0.2, 0) is 0 Å². The molecule has 1 aromatic heterocycles. The van der Waals surface area contributed by atoms with E-state index in [9.17, 15) is 13.6 Å². The van der Waals surface area contributed by atoms with Crippen LogP contribution in [0.15, 0.2) is 35.1 Å². The van der Waals surface area contributed by atoms with Gasteiger partial charge in [0.1, 0.15) is 27.5 Å². The van der Waals surface area contributed by atoms with Crippen LogP contribution >= 0.6 is 11.3 Å². The maximum atomic E-state index is 14.1. The summed E-state index contributed by atoms with van der Waals surface area (Å²) in [5, 5.41) is 2.71. The number of halogens is 2. The Labute approximate surface area is 177 Å². The van der Waals surface area contributed by atoms with Gasteiger partial charge in [-0.15, -0.1) is 0 Å². The fourth-order valence-corrected chi connectivity index (χ4v) is 4.35. The number of benzene rings is 1. The summed E-state index contributed by atoms with van der Waals surface area (Å²) in [5.74, 6) is -1.13. The van der Waals surface area contributed by atoms with Crippen LogP contribution in [0, 0.1) is 17.6 Å². The Bertz CT molecular complexity index is 983. The van der Waals surface area contributed by atoms with Crippen molar-refractivity contribution in [3.05, 3.63) is 47.4 Å². The zero-order valence-corrected chi connectivity index (χ0v) is 17.6. The summed E-state index contributed by atoms with van der Waals surface area (Å²) in [6.45, 7) is 3.76. The van der Waals surface area contributed by atoms with E-state index in [1.807, 2.05) is 0 Å². The molecule has 5 N–H and O–H groups in total. The Balaban J connectivity index is 1.84. The molecule has 1 aromatic carbocycles. The van der Waals surface area contributed by atoms with Crippen LogP contribution in [0.2, 0.25) is 0 Å². The minimum absolute atomic E-state index is 0.0132. The number of nitrogen functional groups attached to an aromatic ring is 1. The van der Waals surface area contributed by atoms with Crippen LogP contribution in [0.25, 0.3) is 10.6 Å². The van der Waals surface area contributed by atoms with Crippen molar-refractivity contribution < 1.29 is 13.6 Å². The van der Waals surface area contributed by atoms with E-state index < -0.39 is 17.5 Å². The molecule has 160 valence electrons. The Morgan fingerprint density at radius 1 is 1.40 bits per heavy atom.